The molecule has 0 aliphatic carbocycles. The third kappa shape index (κ3) is 5.47. The van der Waals surface area contributed by atoms with Crippen LogP contribution >= 0.6 is 0 Å². The number of benzene rings is 1. The highest BCUT2D eigenvalue weighted by Crippen LogP contribution is 2.44. The van der Waals surface area contributed by atoms with Gasteiger partial charge in [0.05, 0.1) is 17.4 Å². The minimum absolute atomic E-state index is 0.0889. The van der Waals surface area contributed by atoms with Gasteiger partial charge in [-0.1, -0.05) is 0 Å². The second-order valence-corrected chi connectivity index (χ2v) is 8.58. The fraction of sp³-hybridized carbons (Fsp3) is 0.435. The van der Waals surface area contributed by atoms with Gasteiger partial charge < -0.3 is 25.8 Å². The highest BCUT2D eigenvalue weighted by atomic mass is 19.4. The summed E-state index contributed by atoms with van der Waals surface area (Å²) in [5, 5.41) is 5.90. The predicted molar refractivity (Wildman–Crippen MR) is 124 cm³/mol. The van der Waals surface area contributed by atoms with E-state index >= 15 is 4.39 Å². The van der Waals surface area contributed by atoms with Crippen LogP contribution in [0.4, 0.5) is 42.2 Å². The van der Waals surface area contributed by atoms with Crippen LogP contribution in [0.5, 0.6) is 11.9 Å². The molecule has 2 aromatic heterocycles. The van der Waals surface area contributed by atoms with Crippen LogP contribution in [-0.2, 0) is 6.18 Å². The molecule has 0 spiro atoms. The van der Waals surface area contributed by atoms with Crippen LogP contribution in [0.15, 0.2) is 6.07 Å². The van der Waals surface area contributed by atoms with Crippen LogP contribution in [0.25, 0.3) is 22.2 Å². The smallest absolute Gasteiger partial charge is 0.417 e. The summed E-state index contributed by atoms with van der Waals surface area (Å²) in [7, 11) is 0. The summed E-state index contributed by atoms with van der Waals surface area (Å²) in [6, 6.07) is -0.0218. The van der Waals surface area contributed by atoms with Gasteiger partial charge in [0.15, 0.2) is 12.4 Å². The quantitative estimate of drug-likeness (QED) is 0.318. The number of aromatic nitrogens is 3. The molecule has 0 saturated carbocycles. The minimum Gasteiger partial charge on any atom is -0.474 e. The highest BCUT2D eigenvalue weighted by molar-refractivity contribution is 5.96. The van der Waals surface area contributed by atoms with Crippen LogP contribution in [0.2, 0.25) is 0 Å². The van der Waals surface area contributed by atoms with Gasteiger partial charge in [0, 0.05) is 18.7 Å². The zero-order chi connectivity index (χ0) is 27.8. The predicted octanol–water partition coefficient (Wildman–Crippen LogP) is 4.70. The van der Waals surface area contributed by atoms with E-state index in [2.05, 4.69) is 25.6 Å². The minimum atomic E-state index is -5.11. The van der Waals surface area contributed by atoms with Crippen molar-refractivity contribution in [3.05, 3.63) is 28.8 Å². The van der Waals surface area contributed by atoms with Crippen LogP contribution in [0.3, 0.4) is 0 Å². The first-order valence-electron chi connectivity index (χ1n) is 11.5. The van der Waals surface area contributed by atoms with Crippen molar-refractivity contribution in [3.63, 3.8) is 0 Å². The van der Waals surface area contributed by atoms with Gasteiger partial charge >= 0.3 is 12.2 Å². The lowest BCUT2D eigenvalue weighted by atomic mass is 9.96. The van der Waals surface area contributed by atoms with Gasteiger partial charge in [0.25, 0.3) is 6.43 Å². The maximum Gasteiger partial charge on any atom is 0.417 e. The van der Waals surface area contributed by atoms with E-state index in [0.717, 1.165) is 6.92 Å². The summed E-state index contributed by atoms with van der Waals surface area (Å²) >= 11 is 0. The number of nitrogens with zero attached hydrogens (tertiary/aromatic N) is 3. The van der Waals surface area contributed by atoms with E-state index in [1.165, 1.54) is 0 Å². The summed E-state index contributed by atoms with van der Waals surface area (Å²) in [6.07, 6.45) is -8.10. The van der Waals surface area contributed by atoms with E-state index < -0.39 is 76.5 Å². The lowest BCUT2D eigenvalue weighted by molar-refractivity contribution is -0.137. The Labute approximate surface area is 211 Å². The van der Waals surface area contributed by atoms with Gasteiger partial charge in [0.1, 0.15) is 28.2 Å². The zero-order valence-electron chi connectivity index (χ0n) is 20.1. The first-order chi connectivity index (χ1) is 17.9. The number of halogens is 7. The molecule has 1 aliphatic rings. The molecule has 3 aromatic rings. The molecule has 1 unspecified atom stereocenters. The van der Waals surface area contributed by atoms with Crippen molar-refractivity contribution in [1.29, 1.82) is 0 Å². The van der Waals surface area contributed by atoms with Crippen molar-refractivity contribution in [3.8, 4) is 23.1 Å². The first-order valence-corrected chi connectivity index (χ1v) is 11.5. The SMILES string of the molecule is Cc1c(F)c(N)cc(-c2nc3c4c(nc(OCC(F)F)nc4c2F)NCCNCCC(C)O3)c1C(F)(F)F. The maximum atomic E-state index is 16.0. The summed E-state index contributed by atoms with van der Waals surface area (Å²) in [5.41, 5.74) is 0.273. The summed E-state index contributed by atoms with van der Waals surface area (Å²) in [4.78, 5) is 12.0. The lowest BCUT2D eigenvalue weighted by Gasteiger charge is -2.21. The van der Waals surface area contributed by atoms with Gasteiger partial charge in [-0.15, -0.1) is 0 Å². The molecule has 0 bridgehead atoms. The molecule has 4 rings (SSSR count). The Balaban J connectivity index is 2.07. The van der Waals surface area contributed by atoms with E-state index in [1.807, 2.05) is 0 Å². The van der Waals surface area contributed by atoms with Crippen molar-refractivity contribution < 1.29 is 40.2 Å². The van der Waals surface area contributed by atoms with Crippen molar-refractivity contribution in [2.45, 2.75) is 39.0 Å². The van der Waals surface area contributed by atoms with E-state index in [0.29, 0.717) is 25.6 Å². The van der Waals surface area contributed by atoms with Gasteiger partial charge in [-0.25, -0.2) is 22.5 Å². The van der Waals surface area contributed by atoms with Gasteiger partial charge in [-0.3, -0.25) is 0 Å². The number of hydrogen-bond acceptors (Lipinski definition) is 8. The fourth-order valence-corrected chi connectivity index (χ4v) is 4.03. The molecule has 0 saturated heterocycles. The normalized spacial score (nSPS) is 16.6. The molecule has 38 heavy (non-hydrogen) atoms. The highest BCUT2D eigenvalue weighted by Gasteiger charge is 2.39. The number of rotatable bonds is 4. The third-order valence-corrected chi connectivity index (χ3v) is 5.77. The van der Waals surface area contributed by atoms with Crippen LogP contribution in [0.1, 0.15) is 24.5 Å². The molecule has 0 fully saturated rings. The topological polar surface area (TPSA) is 107 Å². The number of nitrogen functional groups attached to an aromatic ring is 1. The number of nitrogens with one attached hydrogen (secondary N) is 2. The monoisotopic (exact) mass is 548 g/mol. The Kier molecular flexibility index (Phi) is 7.67. The van der Waals surface area contributed by atoms with Gasteiger partial charge in [-0.05, 0) is 38.4 Å². The number of anilines is 2. The summed E-state index contributed by atoms with van der Waals surface area (Å²) in [5.74, 6) is -3.08. The van der Waals surface area contributed by atoms with Crippen molar-refractivity contribution >= 4 is 22.4 Å². The molecule has 0 radical (unpaired) electrons. The fourth-order valence-electron chi connectivity index (χ4n) is 4.03. The molecule has 4 N–H and O–H groups in total. The zero-order valence-corrected chi connectivity index (χ0v) is 20.1. The molecule has 1 aliphatic heterocycles. The molecule has 206 valence electrons. The van der Waals surface area contributed by atoms with Crippen molar-refractivity contribution in [2.75, 3.05) is 37.3 Å². The van der Waals surface area contributed by atoms with Crippen molar-refractivity contribution in [1.82, 2.24) is 20.3 Å². The second kappa shape index (κ2) is 10.6. The number of hydrogen-bond donors (Lipinski definition) is 3. The largest absolute Gasteiger partial charge is 0.474 e. The average molecular weight is 548 g/mol. The number of nitrogens with two attached hydrogens (primary N) is 1. The van der Waals surface area contributed by atoms with E-state index in [9.17, 15) is 26.3 Å². The molecule has 0 amide bonds. The Hall–Kier alpha value is -3.62. The summed E-state index contributed by atoms with van der Waals surface area (Å²) < 4.78 is 109. The van der Waals surface area contributed by atoms with Crippen LogP contribution < -0.4 is 25.8 Å². The Morgan fingerprint density at radius 1 is 1.13 bits per heavy atom. The molecular weight excluding hydrogens is 525 g/mol. The Bertz CT molecular complexity index is 1350. The number of pyridine rings is 1. The first kappa shape index (κ1) is 27.4. The van der Waals surface area contributed by atoms with Crippen LogP contribution in [-0.4, -0.2) is 53.7 Å². The summed E-state index contributed by atoms with van der Waals surface area (Å²) in [6.45, 7) is 2.63. The van der Waals surface area contributed by atoms with E-state index in [1.54, 1.807) is 6.92 Å². The average Bonchev–Trinajstić information content (AvgIpc) is 2.86. The molecular formula is C23H23F7N6O2. The van der Waals surface area contributed by atoms with E-state index in [4.69, 9.17) is 15.2 Å². The standard InChI is InChI=1S/C23H23F7N6O2/c1-9-3-4-32-5-6-33-20-14-19(35-22(36-20)37-8-13(24)25)17(27)18(34-21(14)38-9)11-7-12(31)16(26)10(2)15(11)23(28,29)30/h7,9,13,32H,3-6,8,31H2,1-2H3,(H,33,35,36). The molecule has 3 heterocycles. The van der Waals surface area contributed by atoms with Gasteiger partial charge in [-0.2, -0.15) is 23.1 Å². The molecule has 1 atom stereocenters. The lowest BCUT2D eigenvalue weighted by Crippen LogP contribution is -2.26. The molecule has 15 heteroatoms. The number of alkyl halides is 5. The molecule has 1 aromatic carbocycles. The maximum absolute atomic E-state index is 16.0. The third-order valence-electron chi connectivity index (χ3n) is 5.77. The van der Waals surface area contributed by atoms with E-state index in [-0.39, 0.29) is 23.6 Å². The van der Waals surface area contributed by atoms with Crippen molar-refractivity contribution in [2.24, 2.45) is 0 Å². The molecule has 8 nitrogen and oxygen atoms in total. The number of ether oxygens (including phenoxy) is 2. The Morgan fingerprint density at radius 2 is 1.87 bits per heavy atom. The van der Waals surface area contributed by atoms with Gasteiger partial charge in [0.2, 0.25) is 5.88 Å². The second-order valence-electron chi connectivity index (χ2n) is 8.58. The Morgan fingerprint density at radius 3 is 2.55 bits per heavy atom. The van der Waals surface area contributed by atoms with Crippen LogP contribution in [0, 0.1) is 18.6 Å².